The van der Waals surface area contributed by atoms with E-state index in [0.29, 0.717) is 22.7 Å². The number of carbonyl (C=O) groups excluding carboxylic acids is 2. The number of alkyl halides is 3. The number of ketones is 1. The van der Waals surface area contributed by atoms with Crippen molar-refractivity contribution in [3.05, 3.63) is 69.3 Å². The van der Waals surface area contributed by atoms with Gasteiger partial charge in [-0.2, -0.15) is 13.2 Å². The molecule has 1 unspecified atom stereocenters. The van der Waals surface area contributed by atoms with Crippen LogP contribution in [0.1, 0.15) is 50.0 Å². The third kappa shape index (κ3) is 6.01. The maximum atomic E-state index is 13.0. The first-order valence-electron chi connectivity index (χ1n) is 10.1. The Balaban J connectivity index is 1.40. The molecule has 4 rings (SSSR count). The van der Waals surface area contributed by atoms with Crippen molar-refractivity contribution in [3.8, 4) is 0 Å². The molecular formula is C21H15ClF3N7O3S. The largest absolute Gasteiger partial charge is 0.418 e. The highest BCUT2D eigenvalue weighted by atomic mass is 35.5. The molecule has 0 aromatic carbocycles. The van der Waals surface area contributed by atoms with Crippen LogP contribution in [-0.2, 0) is 6.18 Å². The zero-order valence-corrected chi connectivity index (χ0v) is 19.8. The topological polar surface area (TPSA) is 136 Å². The van der Waals surface area contributed by atoms with Crippen LogP contribution < -0.4 is 10.6 Å². The van der Waals surface area contributed by atoms with E-state index in [1.807, 2.05) is 0 Å². The Kier molecular flexibility index (Phi) is 7.26. The van der Waals surface area contributed by atoms with Crippen molar-refractivity contribution in [2.45, 2.75) is 25.4 Å². The molecule has 186 valence electrons. The fourth-order valence-electron chi connectivity index (χ4n) is 2.98. The molecule has 4 aromatic rings. The highest BCUT2D eigenvalue weighted by Gasteiger charge is 2.34. The number of halogens is 4. The van der Waals surface area contributed by atoms with Crippen LogP contribution >= 0.6 is 22.9 Å². The fourth-order valence-corrected chi connectivity index (χ4v) is 4.05. The van der Waals surface area contributed by atoms with Gasteiger partial charge in [0.2, 0.25) is 0 Å². The Morgan fingerprint density at radius 3 is 2.64 bits per heavy atom. The maximum Gasteiger partial charge on any atom is 0.418 e. The van der Waals surface area contributed by atoms with E-state index in [2.05, 4.69) is 35.7 Å². The molecule has 0 aliphatic rings. The molecule has 0 aliphatic carbocycles. The van der Waals surface area contributed by atoms with Gasteiger partial charge in [-0.1, -0.05) is 23.7 Å². The van der Waals surface area contributed by atoms with Crippen molar-refractivity contribution in [1.82, 2.24) is 25.1 Å². The molecule has 0 saturated heterocycles. The zero-order chi connectivity index (χ0) is 25.9. The third-order valence-electron chi connectivity index (χ3n) is 4.71. The second-order valence-electron chi connectivity index (χ2n) is 7.39. The number of hydrogen-bond acceptors (Lipinski definition) is 10. The molecule has 1 amide bonds. The average molecular weight is 538 g/mol. The lowest BCUT2D eigenvalue weighted by molar-refractivity contribution is -0.137. The summed E-state index contributed by atoms with van der Waals surface area (Å²) in [6.45, 7) is 1.75. The van der Waals surface area contributed by atoms with Crippen LogP contribution in [0.25, 0.3) is 0 Å². The second kappa shape index (κ2) is 10.4. The van der Waals surface area contributed by atoms with Crippen molar-refractivity contribution in [1.29, 1.82) is 0 Å². The first kappa shape index (κ1) is 25.2. The quantitative estimate of drug-likeness (QED) is 0.284. The van der Waals surface area contributed by atoms with Crippen molar-refractivity contribution >= 4 is 52.1 Å². The normalized spacial score (nSPS) is 12.2. The van der Waals surface area contributed by atoms with Gasteiger partial charge in [-0.25, -0.2) is 19.9 Å². The van der Waals surface area contributed by atoms with E-state index in [9.17, 15) is 22.8 Å². The van der Waals surface area contributed by atoms with Crippen LogP contribution in [0.3, 0.4) is 0 Å². The van der Waals surface area contributed by atoms with E-state index >= 15 is 0 Å². The van der Waals surface area contributed by atoms with Crippen LogP contribution in [0.15, 0.2) is 47.7 Å². The molecule has 4 aromatic heterocycles. The molecular weight excluding hydrogens is 523 g/mol. The summed E-state index contributed by atoms with van der Waals surface area (Å²) in [5.41, 5.74) is -0.942. The highest BCUT2D eigenvalue weighted by molar-refractivity contribution is 7.13. The first-order chi connectivity index (χ1) is 17.1. The van der Waals surface area contributed by atoms with Crippen LogP contribution in [0.5, 0.6) is 0 Å². The predicted molar refractivity (Wildman–Crippen MR) is 123 cm³/mol. The molecule has 2 N–H and O–H groups in total. The van der Waals surface area contributed by atoms with Gasteiger partial charge < -0.3 is 15.2 Å². The van der Waals surface area contributed by atoms with Crippen LogP contribution in [-0.4, -0.2) is 36.8 Å². The van der Waals surface area contributed by atoms with E-state index in [0.717, 1.165) is 17.5 Å². The minimum atomic E-state index is -4.70. The van der Waals surface area contributed by atoms with Crippen LogP contribution in [0, 0.1) is 0 Å². The van der Waals surface area contributed by atoms with E-state index in [1.54, 1.807) is 13.0 Å². The number of hydrogen-bond donors (Lipinski definition) is 2. The number of amides is 1. The molecule has 0 radical (unpaired) electrons. The summed E-state index contributed by atoms with van der Waals surface area (Å²) in [4.78, 5) is 41.3. The Morgan fingerprint density at radius 2 is 1.92 bits per heavy atom. The monoisotopic (exact) mass is 537 g/mol. The third-order valence-corrected chi connectivity index (χ3v) is 6.24. The Hall–Kier alpha value is -3.91. The molecule has 15 heteroatoms. The molecule has 36 heavy (non-hydrogen) atoms. The van der Waals surface area contributed by atoms with E-state index in [1.165, 1.54) is 24.9 Å². The Morgan fingerprint density at radius 1 is 1.11 bits per heavy atom. The predicted octanol–water partition coefficient (Wildman–Crippen LogP) is 5.36. The molecule has 0 fully saturated rings. The van der Waals surface area contributed by atoms with Gasteiger partial charge >= 0.3 is 6.18 Å². The number of aromatic nitrogens is 5. The maximum absolute atomic E-state index is 13.0. The SMILES string of the molecule is CC(CC(=O)c1cc(Nc2ccon2)ncn1)c1ncc(C(=O)Nc2cc(C(F)(F)F)c(Cl)cn2)s1. The summed E-state index contributed by atoms with van der Waals surface area (Å²) < 4.78 is 43.8. The first-order valence-corrected chi connectivity index (χ1v) is 11.3. The molecule has 0 saturated carbocycles. The van der Waals surface area contributed by atoms with Crippen LogP contribution in [0.2, 0.25) is 5.02 Å². The lowest BCUT2D eigenvalue weighted by atomic mass is 10.0. The van der Waals surface area contributed by atoms with Gasteiger partial charge in [0.15, 0.2) is 11.6 Å². The minimum Gasteiger partial charge on any atom is -0.363 e. The van der Waals surface area contributed by atoms with Crippen molar-refractivity contribution in [2.24, 2.45) is 0 Å². The van der Waals surface area contributed by atoms with Gasteiger partial charge in [0.25, 0.3) is 5.91 Å². The lowest BCUT2D eigenvalue weighted by Crippen LogP contribution is -2.13. The molecule has 10 nitrogen and oxygen atoms in total. The van der Waals surface area contributed by atoms with E-state index in [-0.39, 0.29) is 34.5 Å². The fraction of sp³-hybridized carbons (Fsp3) is 0.190. The number of anilines is 3. The Bertz CT molecular complexity index is 1400. The van der Waals surface area contributed by atoms with Gasteiger partial charge in [-0.05, 0) is 6.07 Å². The number of rotatable bonds is 8. The number of Topliss-reactive ketones (excluding diaryl/α,β-unsaturated/α-hetero) is 1. The lowest BCUT2D eigenvalue weighted by Gasteiger charge is -2.10. The molecule has 0 bridgehead atoms. The highest BCUT2D eigenvalue weighted by Crippen LogP contribution is 2.35. The zero-order valence-electron chi connectivity index (χ0n) is 18.2. The molecule has 0 spiro atoms. The van der Waals surface area contributed by atoms with E-state index in [4.69, 9.17) is 16.1 Å². The standard InChI is InChI=1S/C21H15ClF3N7O3S/c1-10(4-14(33)13-6-18(29-9-28-13)30-16-2-3-35-32-16)20-27-8-15(36-20)19(34)31-17-5-11(21(23,24)25)12(22)7-26-17/h2-3,5-10H,4H2,1H3,(H,26,31,34)(H,28,29,30,32). The number of nitrogens with one attached hydrogen (secondary N) is 2. The Labute approximate surface area is 209 Å². The summed E-state index contributed by atoms with van der Waals surface area (Å²) in [5.74, 6) is -0.880. The summed E-state index contributed by atoms with van der Waals surface area (Å²) in [7, 11) is 0. The number of pyridine rings is 1. The number of nitrogens with zero attached hydrogens (tertiary/aromatic N) is 5. The van der Waals surface area contributed by atoms with Gasteiger partial charge in [0.05, 0.1) is 21.8 Å². The van der Waals surface area contributed by atoms with Crippen LogP contribution in [0.4, 0.5) is 30.6 Å². The minimum absolute atomic E-state index is 0.0443. The van der Waals surface area contributed by atoms with Crippen molar-refractivity contribution < 1.29 is 27.3 Å². The summed E-state index contributed by atoms with van der Waals surface area (Å²) in [5, 5.41) is 8.79. The van der Waals surface area contributed by atoms with Gasteiger partial charge in [-0.15, -0.1) is 11.3 Å². The van der Waals surface area contributed by atoms with Crippen molar-refractivity contribution in [2.75, 3.05) is 10.6 Å². The van der Waals surface area contributed by atoms with Gasteiger partial charge in [0, 0.05) is 30.7 Å². The number of carbonyl (C=O) groups is 2. The number of thiazole rings is 1. The van der Waals surface area contributed by atoms with Crippen molar-refractivity contribution in [3.63, 3.8) is 0 Å². The smallest absolute Gasteiger partial charge is 0.363 e. The summed E-state index contributed by atoms with van der Waals surface area (Å²) >= 11 is 6.56. The van der Waals surface area contributed by atoms with Gasteiger partial charge in [-0.3, -0.25) is 9.59 Å². The van der Waals surface area contributed by atoms with Gasteiger partial charge in [0.1, 0.15) is 34.8 Å². The van der Waals surface area contributed by atoms with E-state index < -0.39 is 22.7 Å². The molecule has 1 atom stereocenters. The summed E-state index contributed by atoms with van der Waals surface area (Å²) in [6, 6.07) is 3.70. The second-order valence-corrected chi connectivity index (χ2v) is 8.86. The molecule has 0 aliphatic heterocycles. The average Bonchev–Trinajstić information content (AvgIpc) is 3.52. The molecule has 4 heterocycles. The summed E-state index contributed by atoms with van der Waals surface area (Å²) in [6.07, 6.45) is 0.0538.